The summed E-state index contributed by atoms with van der Waals surface area (Å²) in [5.41, 5.74) is 2.36. The number of nitrogens with one attached hydrogen (secondary N) is 1. The van der Waals surface area contributed by atoms with Crippen molar-refractivity contribution in [1.82, 2.24) is 10.2 Å². The van der Waals surface area contributed by atoms with Crippen LogP contribution < -0.4 is 10.2 Å². The van der Waals surface area contributed by atoms with Crippen LogP contribution in [0.1, 0.15) is 34.1 Å². The lowest BCUT2D eigenvalue weighted by atomic mass is 10.1. The minimum atomic E-state index is -0.164. The van der Waals surface area contributed by atoms with Crippen LogP contribution in [0.3, 0.4) is 0 Å². The van der Waals surface area contributed by atoms with Crippen LogP contribution in [0, 0.1) is 0 Å². The molecule has 164 valence electrons. The summed E-state index contributed by atoms with van der Waals surface area (Å²) in [5.74, 6) is -0.0579. The molecule has 1 saturated heterocycles. The molecular weight excluding hydrogens is 402 g/mol. The molecule has 0 spiro atoms. The molecule has 1 N–H and O–H groups in total. The van der Waals surface area contributed by atoms with Crippen LogP contribution in [0.5, 0.6) is 0 Å². The van der Waals surface area contributed by atoms with Gasteiger partial charge in [0.25, 0.3) is 5.91 Å². The van der Waals surface area contributed by atoms with Crippen molar-refractivity contribution >= 4 is 34.1 Å². The lowest BCUT2D eigenvalue weighted by Crippen LogP contribution is -2.49. The minimum Gasteiger partial charge on any atom is -0.368 e. The number of piperazine rings is 1. The van der Waals surface area contributed by atoms with Crippen molar-refractivity contribution in [2.24, 2.45) is 0 Å². The van der Waals surface area contributed by atoms with Crippen LogP contribution in [0.2, 0.25) is 0 Å². The van der Waals surface area contributed by atoms with Crippen LogP contribution in [-0.4, -0.2) is 55.2 Å². The van der Waals surface area contributed by atoms with Crippen LogP contribution in [-0.2, 0) is 4.79 Å². The predicted octanol–water partition coefficient (Wildman–Crippen LogP) is 3.51. The highest BCUT2D eigenvalue weighted by Crippen LogP contribution is 2.18. The molecule has 0 saturated carbocycles. The first-order valence-corrected chi connectivity index (χ1v) is 10.9. The quantitative estimate of drug-likeness (QED) is 0.609. The number of carbonyl (C=O) groups excluding carboxylic acids is 3. The summed E-state index contributed by atoms with van der Waals surface area (Å²) in [5, 5.41) is 4.97. The molecule has 0 atom stereocenters. The Hall–Kier alpha value is -3.67. The number of hydrogen-bond acceptors (Lipinski definition) is 4. The molecule has 0 aromatic heterocycles. The van der Waals surface area contributed by atoms with E-state index in [1.165, 1.54) is 0 Å². The molecule has 0 radical (unpaired) electrons. The molecule has 32 heavy (non-hydrogen) atoms. The van der Waals surface area contributed by atoms with Gasteiger partial charge in [-0.15, -0.1) is 0 Å². The molecule has 4 rings (SSSR count). The van der Waals surface area contributed by atoms with E-state index >= 15 is 0 Å². The molecule has 1 heterocycles. The van der Waals surface area contributed by atoms with Gasteiger partial charge in [-0.1, -0.05) is 30.3 Å². The molecule has 1 aliphatic heterocycles. The van der Waals surface area contributed by atoms with E-state index < -0.39 is 0 Å². The first kappa shape index (κ1) is 21.6. The van der Waals surface area contributed by atoms with Crippen molar-refractivity contribution in [3.8, 4) is 0 Å². The van der Waals surface area contributed by atoms with Crippen molar-refractivity contribution in [3.05, 3.63) is 77.9 Å². The van der Waals surface area contributed by atoms with E-state index in [2.05, 4.69) is 10.2 Å². The van der Waals surface area contributed by atoms with Gasteiger partial charge in [-0.25, -0.2) is 0 Å². The zero-order chi connectivity index (χ0) is 22.5. The number of benzene rings is 3. The van der Waals surface area contributed by atoms with Crippen molar-refractivity contribution in [3.63, 3.8) is 0 Å². The summed E-state index contributed by atoms with van der Waals surface area (Å²) in [6, 6.07) is 21.1. The van der Waals surface area contributed by atoms with Gasteiger partial charge in [0.1, 0.15) is 0 Å². The highest BCUT2D eigenvalue weighted by Gasteiger charge is 2.21. The number of nitrogens with zero attached hydrogens (tertiary/aromatic N) is 2. The number of anilines is 1. The van der Waals surface area contributed by atoms with Gasteiger partial charge in [0.15, 0.2) is 5.78 Å². The van der Waals surface area contributed by atoms with Gasteiger partial charge in [-0.3, -0.25) is 14.4 Å². The number of carbonyl (C=O) groups is 3. The van der Waals surface area contributed by atoms with Gasteiger partial charge in [0.05, 0.1) is 0 Å². The predicted molar refractivity (Wildman–Crippen MR) is 126 cm³/mol. The fourth-order valence-electron chi connectivity index (χ4n) is 3.99. The maximum Gasteiger partial charge on any atom is 0.251 e. The molecule has 6 heteroatoms. The van der Waals surface area contributed by atoms with Crippen LogP contribution in [0.25, 0.3) is 10.8 Å². The Kier molecular flexibility index (Phi) is 6.50. The Morgan fingerprint density at radius 1 is 0.812 bits per heavy atom. The summed E-state index contributed by atoms with van der Waals surface area (Å²) < 4.78 is 0. The second-order valence-electron chi connectivity index (χ2n) is 8.04. The summed E-state index contributed by atoms with van der Waals surface area (Å²) in [4.78, 5) is 40.5. The molecule has 3 aromatic rings. The van der Waals surface area contributed by atoms with E-state index in [0.717, 1.165) is 29.5 Å². The van der Waals surface area contributed by atoms with Gasteiger partial charge in [0, 0.05) is 56.0 Å². The van der Waals surface area contributed by atoms with Gasteiger partial charge in [0.2, 0.25) is 5.91 Å². The Labute approximate surface area is 187 Å². The third-order valence-electron chi connectivity index (χ3n) is 5.91. The van der Waals surface area contributed by atoms with Crippen molar-refractivity contribution in [2.45, 2.75) is 13.3 Å². The van der Waals surface area contributed by atoms with E-state index in [-0.39, 0.29) is 24.0 Å². The van der Waals surface area contributed by atoms with Crippen LogP contribution >= 0.6 is 0 Å². The first-order chi connectivity index (χ1) is 15.5. The monoisotopic (exact) mass is 429 g/mol. The first-order valence-electron chi connectivity index (χ1n) is 10.9. The molecule has 0 aliphatic carbocycles. The zero-order valence-electron chi connectivity index (χ0n) is 18.2. The second-order valence-corrected chi connectivity index (χ2v) is 8.04. The molecule has 1 aliphatic rings. The average molecular weight is 430 g/mol. The number of fused-ring (bicyclic) bond motifs is 1. The van der Waals surface area contributed by atoms with Crippen molar-refractivity contribution in [1.29, 1.82) is 0 Å². The summed E-state index contributed by atoms with van der Waals surface area (Å²) in [6.07, 6.45) is 0.284. The van der Waals surface area contributed by atoms with Crippen LogP contribution in [0.15, 0.2) is 66.7 Å². The third kappa shape index (κ3) is 4.97. The van der Waals surface area contributed by atoms with Gasteiger partial charge < -0.3 is 15.1 Å². The molecule has 1 fully saturated rings. The summed E-state index contributed by atoms with van der Waals surface area (Å²) in [6.45, 7) is 4.65. The molecule has 2 amide bonds. The normalized spacial score (nSPS) is 13.8. The number of Topliss-reactive ketones (excluding diaryl/α,β-unsaturated/α-hetero) is 1. The van der Waals surface area contributed by atoms with E-state index in [1.54, 1.807) is 6.92 Å². The molecule has 0 bridgehead atoms. The largest absolute Gasteiger partial charge is 0.368 e. The van der Waals surface area contributed by atoms with E-state index in [4.69, 9.17) is 0 Å². The Morgan fingerprint density at radius 2 is 1.47 bits per heavy atom. The lowest BCUT2D eigenvalue weighted by molar-refractivity contribution is -0.131. The zero-order valence-corrected chi connectivity index (χ0v) is 18.2. The maximum absolute atomic E-state index is 12.6. The summed E-state index contributed by atoms with van der Waals surface area (Å²) >= 11 is 0. The van der Waals surface area contributed by atoms with Gasteiger partial charge in [-0.05, 0) is 54.1 Å². The van der Waals surface area contributed by atoms with Crippen molar-refractivity contribution in [2.75, 3.05) is 37.6 Å². The van der Waals surface area contributed by atoms with Crippen LogP contribution in [0.4, 0.5) is 5.69 Å². The molecular formula is C26H27N3O3. The smallest absolute Gasteiger partial charge is 0.251 e. The Balaban J connectivity index is 1.23. The minimum absolute atomic E-state index is 0.0513. The Morgan fingerprint density at radius 3 is 2.16 bits per heavy atom. The van der Waals surface area contributed by atoms with Crippen molar-refractivity contribution < 1.29 is 14.4 Å². The van der Waals surface area contributed by atoms with Gasteiger partial charge >= 0.3 is 0 Å². The number of hydrogen-bond donors (Lipinski definition) is 1. The maximum atomic E-state index is 12.6. The molecule has 6 nitrogen and oxygen atoms in total. The number of amides is 2. The van der Waals surface area contributed by atoms with E-state index in [9.17, 15) is 14.4 Å². The Bertz CT molecular complexity index is 1130. The number of ketones is 1. The SMILES string of the molecule is CC(=O)c1ccc(N2CCN(C(=O)CCNC(=O)c3ccc4ccccc4c3)CC2)cc1. The van der Waals surface area contributed by atoms with E-state index in [0.29, 0.717) is 30.8 Å². The fourth-order valence-corrected chi connectivity index (χ4v) is 3.99. The topological polar surface area (TPSA) is 69.7 Å². The molecule has 3 aromatic carbocycles. The van der Waals surface area contributed by atoms with E-state index in [1.807, 2.05) is 71.6 Å². The highest BCUT2D eigenvalue weighted by atomic mass is 16.2. The standard InChI is InChI=1S/C26H27N3O3/c1-19(30)20-8-10-24(11-9-20)28-14-16-29(17-15-28)25(31)12-13-27-26(32)23-7-6-21-4-2-3-5-22(21)18-23/h2-11,18H,12-17H2,1H3,(H,27,32). The summed E-state index contributed by atoms with van der Waals surface area (Å²) in [7, 11) is 0. The lowest BCUT2D eigenvalue weighted by Gasteiger charge is -2.36. The number of rotatable bonds is 6. The molecule has 0 unspecified atom stereocenters. The third-order valence-corrected chi connectivity index (χ3v) is 5.91. The highest BCUT2D eigenvalue weighted by molar-refractivity contribution is 5.98. The second kappa shape index (κ2) is 9.64. The van der Waals surface area contributed by atoms with Gasteiger partial charge in [-0.2, -0.15) is 0 Å². The average Bonchev–Trinajstić information content (AvgIpc) is 2.83. The fraction of sp³-hybridized carbons (Fsp3) is 0.269.